The molecule has 4 nitrogen and oxygen atoms in total. The lowest BCUT2D eigenvalue weighted by atomic mass is 10.1. The molecule has 0 unspecified atom stereocenters. The molecule has 1 aromatic rings. The van der Waals surface area contributed by atoms with E-state index < -0.39 is 11.7 Å². The molecule has 0 aliphatic carbocycles. The number of benzene rings is 1. The summed E-state index contributed by atoms with van der Waals surface area (Å²) in [6.07, 6.45) is -4.47. The largest absolute Gasteiger partial charge is 0.416 e. The van der Waals surface area contributed by atoms with Gasteiger partial charge in [0, 0.05) is 12.2 Å². The molecule has 0 saturated heterocycles. The molecule has 0 bridgehead atoms. The van der Waals surface area contributed by atoms with Gasteiger partial charge in [0.1, 0.15) is 0 Å². The van der Waals surface area contributed by atoms with Gasteiger partial charge in [0.15, 0.2) is 0 Å². The minimum atomic E-state index is -4.47. The van der Waals surface area contributed by atoms with Crippen LogP contribution in [0.3, 0.4) is 0 Å². The van der Waals surface area contributed by atoms with Crippen molar-refractivity contribution >= 4 is 36.4 Å². The van der Waals surface area contributed by atoms with Gasteiger partial charge >= 0.3 is 6.18 Å². The van der Waals surface area contributed by atoms with Crippen LogP contribution >= 0.6 is 24.8 Å². The Morgan fingerprint density at radius 1 is 1.17 bits per heavy atom. The highest BCUT2D eigenvalue weighted by molar-refractivity contribution is 5.92. The van der Waals surface area contributed by atoms with Crippen LogP contribution in [0.4, 0.5) is 18.9 Å². The Hall–Kier alpha value is -1.02. The van der Waals surface area contributed by atoms with E-state index in [0.717, 1.165) is 12.1 Å². The fourth-order valence-corrected chi connectivity index (χ4v) is 1.90. The van der Waals surface area contributed by atoms with Crippen LogP contribution in [-0.2, 0) is 17.5 Å². The average Bonchev–Trinajstić information content (AvgIpc) is 2.43. The summed E-state index contributed by atoms with van der Waals surface area (Å²) in [6, 6.07) is 3.36. The lowest BCUT2D eigenvalue weighted by molar-refractivity contribution is -0.137. The van der Waals surface area contributed by atoms with Crippen LogP contribution in [0.2, 0.25) is 0 Å². The first-order chi connectivity index (χ1) is 9.79. The summed E-state index contributed by atoms with van der Waals surface area (Å²) < 4.78 is 38.3. The van der Waals surface area contributed by atoms with E-state index in [0.29, 0.717) is 18.7 Å². The Kier molecular flexibility index (Phi) is 11.3. The van der Waals surface area contributed by atoms with Crippen molar-refractivity contribution in [3.8, 4) is 0 Å². The number of likely N-dealkylation sites (N-methyl/N-ethyl adjacent to an activating group) is 1. The van der Waals surface area contributed by atoms with E-state index >= 15 is 0 Å². The Balaban J connectivity index is 0. The standard InChI is InChI=1S/C14H20F3N3O.2ClH/c1-3-20(4-2)9-13(21)19-12-6-10(8-18)5-11(7-12)14(15,16)17;;/h5-7H,3-4,8-9,18H2,1-2H3,(H,19,21);2*1H. The van der Waals surface area contributed by atoms with Crippen molar-refractivity contribution < 1.29 is 18.0 Å². The van der Waals surface area contributed by atoms with Crippen molar-refractivity contribution in [1.29, 1.82) is 0 Å². The van der Waals surface area contributed by atoms with Gasteiger partial charge in [-0.1, -0.05) is 13.8 Å². The van der Waals surface area contributed by atoms with E-state index in [1.807, 2.05) is 18.7 Å². The van der Waals surface area contributed by atoms with Gasteiger partial charge in [0.2, 0.25) is 5.91 Å². The topological polar surface area (TPSA) is 58.4 Å². The van der Waals surface area contributed by atoms with E-state index in [4.69, 9.17) is 5.73 Å². The molecule has 0 aliphatic rings. The minimum Gasteiger partial charge on any atom is -0.326 e. The molecule has 0 aliphatic heterocycles. The van der Waals surface area contributed by atoms with Gasteiger partial charge in [0.05, 0.1) is 12.1 Å². The molecule has 0 spiro atoms. The van der Waals surface area contributed by atoms with E-state index in [-0.39, 0.29) is 49.5 Å². The number of alkyl halides is 3. The molecule has 9 heteroatoms. The lowest BCUT2D eigenvalue weighted by Crippen LogP contribution is -2.33. The summed E-state index contributed by atoms with van der Waals surface area (Å²) >= 11 is 0. The van der Waals surface area contributed by atoms with Crippen LogP contribution in [-0.4, -0.2) is 30.4 Å². The second-order valence-corrected chi connectivity index (χ2v) is 4.63. The number of rotatable bonds is 6. The molecular formula is C14H22Cl2F3N3O. The molecule has 0 heterocycles. The van der Waals surface area contributed by atoms with Gasteiger partial charge in [-0.2, -0.15) is 13.2 Å². The highest BCUT2D eigenvalue weighted by Crippen LogP contribution is 2.31. The minimum absolute atomic E-state index is 0. The second kappa shape index (κ2) is 10.7. The first-order valence-electron chi connectivity index (χ1n) is 6.73. The van der Waals surface area contributed by atoms with Gasteiger partial charge in [-0.3, -0.25) is 9.69 Å². The summed E-state index contributed by atoms with van der Waals surface area (Å²) in [7, 11) is 0. The fourth-order valence-electron chi connectivity index (χ4n) is 1.90. The van der Waals surface area contributed by atoms with Crippen molar-refractivity contribution in [1.82, 2.24) is 4.90 Å². The number of carbonyl (C=O) groups excluding carboxylic acids is 1. The molecule has 0 saturated carbocycles. The first kappa shape index (κ1) is 24.2. The highest BCUT2D eigenvalue weighted by atomic mass is 35.5. The lowest BCUT2D eigenvalue weighted by Gasteiger charge is -2.18. The molecule has 0 radical (unpaired) electrons. The van der Waals surface area contributed by atoms with Gasteiger partial charge in [-0.25, -0.2) is 0 Å². The predicted octanol–water partition coefficient (Wildman–Crippen LogP) is 3.29. The van der Waals surface area contributed by atoms with E-state index in [2.05, 4.69) is 5.32 Å². The number of amides is 1. The third kappa shape index (κ3) is 7.87. The van der Waals surface area contributed by atoms with Crippen molar-refractivity contribution in [2.75, 3.05) is 25.0 Å². The number of nitrogens with two attached hydrogens (primary N) is 1. The second-order valence-electron chi connectivity index (χ2n) is 4.63. The monoisotopic (exact) mass is 375 g/mol. The molecule has 1 amide bonds. The average molecular weight is 376 g/mol. The molecule has 0 fully saturated rings. The van der Waals surface area contributed by atoms with Crippen LogP contribution < -0.4 is 11.1 Å². The summed E-state index contributed by atoms with van der Waals surface area (Å²) in [4.78, 5) is 13.7. The van der Waals surface area contributed by atoms with Crippen molar-refractivity contribution in [2.24, 2.45) is 5.73 Å². The third-order valence-corrected chi connectivity index (χ3v) is 3.10. The normalized spacial score (nSPS) is 10.7. The van der Waals surface area contributed by atoms with Gasteiger partial charge < -0.3 is 11.1 Å². The number of halogens is 5. The molecule has 1 aromatic carbocycles. The quantitative estimate of drug-likeness (QED) is 0.801. The molecule has 0 atom stereocenters. The molecule has 23 heavy (non-hydrogen) atoms. The number of nitrogens with one attached hydrogen (secondary N) is 1. The highest BCUT2D eigenvalue weighted by Gasteiger charge is 2.31. The van der Waals surface area contributed by atoms with E-state index in [9.17, 15) is 18.0 Å². The van der Waals surface area contributed by atoms with Crippen LogP contribution in [0.25, 0.3) is 0 Å². The molecule has 0 aromatic heterocycles. The Labute approximate surface area is 146 Å². The number of carbonyl (C=O) groups is 1. The molecule has 3 N–H and O–H groups in total. The summed E-state index contributed by atoms with van der Waals surface area (Å²) in [5.74, 6) is -0.346. The van der Waals surface area contributed by atoms with Crippen LogP contribution in [0.15, 0.2) is 18.2 Å². The Morgan fingerprint density at radius 3 is 2.17 bits per heavy atom. The smallest absolute Gasteiger partial charge is 0.326 e. The maximum absolute atomic E-state index is 12.8. The zero-order valence-corrected chi connectivity index (χ0v) is 14.6. The van der Waals surface area contributed by atoms with Gasteiger partial charge in [0.25, 0.3) is 0 Å². The molecular weight excluding hydrogens is 354 g/mol. The number of nitrogens with zero attached hydrogens (tertiary/aromatic N) is 1. The van der Waals surface area contributed by atoms with Gasteiger partial charge in [-0.15, -0.1) is 24.8 Å². The van der Waals surface area contributed by atoms with Crippen molar-refractivity contribution in [3.63, 3.8) is 0 Å². The summed E-state index contributed by atoms with van der Waals surface area (Å²) in [6.45, 7) is 5.33. The zero-order valence-electron chi connectivity index (χ0n) is 12.9. The zero-order chi connectivity index (χ0) is 16.0. The molecule has 1 rings (SSSR count). The maximum Gasteiger partial charge on any atom is 0.416 e. The van der Waals surface area contributed by atoms with Crippen LogP contribution in [0.1, 0.15) is 25.0 Å². The van der Waals surface area contributed by atoms with Crippen molar-refractivity contribution in [2.45, 2.75) is 26.6 Å². The third-order valence-electron chi connectivity index (χ3n) is 3.10. The van der Waals surface area contributed by atoms with Crippen LogP contribution in [0, 0.1) is 0 Å². The van der Waals surface area contributed by atoms with Crippen molar-refractivity contribution in [3.05, 3.63) is 29.3 Å². The van der Waals surface area contributed by atoms with E-state index in [1.165, 1.54) is 6.07 Å². The number of hydrogen-bond donors (Lipinski definition) is 2. The predicted molar refractivity (Wildman–Crippen MR) is 90.2 cm³/mol. The molecule has 134 valence electrons. The fraction of sp³-hybridized carbons (Fsp3) is 0.500. The number of hydrogen-bond acceptors (Lipinski definition) is 3. The maximum atomic E-state index is 12.8. The SMILES string of the molecule is CCN(CC)CC(=O)Nc1cc(CN)cc(C(F)(F)F)c1.Cl.Cl. The summed E-state index contributed by atoms with van der Waals surface area (Å²) in [5, 5.41) is 2.49. The Bertz CT molecular complexity index is 495. The van der Waals surface area contributed by atoms with E-state index in [1.54, 1.807) is 0 Å². The summed E-state index contributed by atoms with van der Waals surface area (Å²) in [5.41, 5.74) is 5.02. The first-order valence-corrected chi connectivity index (χ1v) is 6.73. The Morgan fingerprint density at radius 2 is 1.74 bits per heavy atom. The van der Waals surface area contributed by atoms with Gasteiger partial charge in [-0.05, 0) is 36.9 Å². The number of anilines is 1. The van der Waals surface area contributed by atoms with Crippen LogP contribution in [0.5, 0.6) is 0 Å².